The molecule has 2 heterocycles. The van der Waals surface area contributed by atoms with Gasteiger partial charge in [0.25, 0.3) is 0 Å². The predicted octanol–water partition coefficient (Wildman–Crippen LogP) is 2.13. The topological polar surface area (TPSA) is 34.1 Å². The third-order valence-corrected chi connectivity index (χ3v) is 2.83. The maximum Gasteiger partial charge on any atom is 0.147 e. The lowest BCUT2D eigenvalue weighted by Crippen LogP contribution is -2.46. The molecule has 0 saturated carbocycles. The van der Waals surface area contributed by atoms with Gasteiger partial charge in [-0.2, -0.15) is 0 Å². The Morgan fingerprint density at radius 2 is 2.36 bits per heavy atom. The molecule has 1 aliphatic heterocycles. The zero-order chi connectivity index (χ0) is 9.97. The fourth-order valence-corrected chi connectivity index (χ4v) is 1.43. The van der Waals surface area contributed by atoms with Crippen molar-refractivity contribution in [2.24, 2.45) is 0 Å². The van der Waals surface area contributed by atoms with Crippen LogP contribution in [0.25, 0.3) is 0 Å². The minimum atomic E-state index is 0.306. The molecule has 1 aromatic heterocycles. The molecular weight excluding hydrogens is 223 g/mol. The fraction of sp³-hybridized carbons (Fsp3) is 0.444. The van der Waals surface area contributed by atoms with Gasteiger partial charge in [-0.15, -0.1) is 0 Å². The van der Waals surface area contributed by atoms with E-state index in [1.54, 1.807) is 12.3 Å². The summed E-state index contributed by atoms with van der Waals surface area (Å²) in [6, 6.07) is 2.14. The number of hydrogen-bond donors (Lipinski definition) is 1. The summed E-state index contributed by atoms with van der Waals surface area (Å²) in [6.45, 7) is 1.73. The van der Waals surface area contributed by atoms with Gasteiger partial charge in [0.1, 0.15) is 17.5 Å². The molecular formula is C9H10Cl2N2O. The van der Waals surface area contributed by atoms with Crippen molar-refractivity contribution in [1.29, 1.82) is 0 Å². The van der Waals surface area contributed by atoms with Gasteiger partial charge in [0.05, 0.1) is 11.2 Å². The van der Waals surface area contributed by atoms with E-state index in [-0.39, 0.29) is 0 Å². The van der Waals surface area contributed by atoms with Crippen LogP contribution in [0.4, 0.5) is 0 Å². The van der Waals surface area contributed by atoms with E-state index < -0.39 is 0 Å². The molecule has 1 saturated heterocycles. The summed E-state index contributed by atoms with van der Waals surface area (Å²) in [5.74, 6) is 0.660. The molecule has 0 aliphatic carbocycles. The molecule has 14 heavy (non-hydrogen) atoms. The molecule has 1 N–H and O–H groups in total. The highest BCUT2D eigenvalue weighted by molar-refractivity contribution is 6.41. The van der Waals surface area contributed by atoms with Gasteiger partial charge >= 0.3 is 0 Å². The first-order chi connectivity index (χ1) is 6.75. The largest absolute Gasteiger partial charge is 0.490 e. The van der Waals surface area contributed by atoms with Crippen molar-refractivity contribution in [3.8, 4) is 5.75 Å². The molecule has 1 atom stereocenters. The summed E-state index contributed by atoms with van der Waals surface area (Å²) < 4.78 is 5.48. The van der Waals surface area contributed by atoms with E-state index in [1.165, 1.54) is 0 Å². The van der Waals surface area contributed by atoms with Crippen LogP contribution >= 0.6 is 23.2 Å². The van der Waals surface area contributed by atoms with Crippen molar-refractivity contribution in [3.05, 3.63) is 22.4 Å². The van der Waals surface area contributed by atoms with E-state index >= 15 is 0 Å². The second kappa shape index (κ2) is 4.34. The Balaban J connectivity index is 1.91. The van der Waals surface area contributed by atoms with Crippen LogP contribution in [0.2, 0.25) is 10.2 Å². The van der Waals surface area contributed by atoms with Crippen LogP contribution in [0.3, 0.4) is 0 Å². The number of nitrogens with one attached hydrogen (secondary N) is 1. The summed E-state index contributed by atoms with van der Waals surface area (Å²) in [4.78, 5) is 3.89. The minimum absolute atomic E-state index is 0.306. The molecule has 5 heteroatoms. The second-order valence-corrected chi connectivity index (χ2v) is 3.96. The fourth-order valence-electron chi connectivity index (χ4n) is 1.17. The lowest BCUT2D eigenvalue weighted by molar-refractivity contribution is 0.217. The van der Waals surface area contributed by atoms with E-state index in [0.717, 1.165) is 13.0 Å². The number of halogens is 2. The van der Waals surface area contributed by atoms with Crippen molar-refractivity contribution in [3.63, 3.8) is 0 Å². The third kappa shape index (κ3) is 2.29. The van der Waals surface area contributed by atoms with Gasteiger partial charge in [0, 0.05) is 12.1 Å². The van der Waals surface area contributed by atoms with E-state index in [4.69, 9.17) is 27.9 Å². The van der Waals surface area contributed by atoms with Gasteiger partial charge in [-0.1, -0.05) is 23.2 Å². The highest BCUT2D eigenvalue weighted by atomic mass is 35.5. The molecule has 0 aromatic carbocycles. The molecule has 0 unspecified atom stereocenters. The number of ether oxygens (including phenoxy) is 1. The molecule has 0 spiro atoms. The Bertz CT molecular complexity index is 329. The standard InChI is InChI=1S/C9H10Cl2N2O/c10-8-3-7(4-13-9(8)11)14-5-6-1-2-12-6/h3-4,6,12H,1-2,5H2/t6-/m0/s1. The number of pyridine rings is 1. The SMILES string of the molecule is Clc1cc(OC[C@@H]2CCN2)cnc1Cl. The predicted molar refractivity (Wildman–Crippen MR) is 56.2 cm³/mol. The molecule has 0 radical (unpaired) electrons. The maximum absolute atomic E-state index is 5.79. The van der Waals surface area contributed by atoms with E-state index in [1.807, 2.05) is 0 Å². The lowest BCUT2D eigenvalue weighted by Gasteiger charge is -2.27. The molecule has 1 aliphatic rings. The van der Waals surface area contributed by atoms with Gasteiger partial charge in [0.2, 0.25) is 0 Å². The summed E-state index contributed by atoms with van der Waals surface area (Å²) in [7, 11) is 0. The zero-order valence-electron chi connectivity index (χ0n) is 7.46. The smallest absolute Gasteiger partial charge is 0.147 e. The summed E-state index contributed by atoms with van der Waals surface area (Å²) in [5, 5.41) is 3.97. The molecule has 2 rings (SSSR count). The number of hydrogen-bond acceptors (Lipinski definition) is 3. The van der Waals surface area contributed by atoms with Crippen LogP contribution < -0.4 is 10.1 Å². The number of rotatable bonds is 3. The Morgan fingerprint density at radius 1 is 1.57 bits per heavy atom. The normalized spacial score (nSPS) is 20.3. The first-order valence-corrected chi connectivity index (χ1v) is 5.18. The van der Waals surface area contributed by atoms with Gasteiger partial charge < -0.3 is 10.1 Å². The quantitative estimate of drug-likeness (QED) is 0.812. The zero-order valence-corrected chi connectivity index (χ0v) is 8.98. The van der Waals surface area contributed by atoms with Crippen LogP contribution in [0.15, 0.2) is 12.3 Å². The van der Waals surface area contributed by atoms with Crippen molar-refractivity contribution < 1.29 is 4.74 Å². The van der Waals surface area contributed by atoms with E-state index in [0.29, 0.717) is 28.6 Å². The van der Waals surface area contributed by atoms with Crippen molar-refractivity contribution in [1.82, 2.24) is 10.3 Å². The number of aromatic nitrogens is 1. The van der Waals surface area contributed by atoms with Gasteiger partial charge in [-0.25, -0.2) is 4.98 Å². The number of nitrogens with zero attached hydrogens (tertiary/aromatic N) is 1. The summed E-state index contributed by atoms with van der Waals surface area (Å²) in [6.07, 6.45) is 2.74. The molecule has 76 valence electrons. The molecule has 0 bridgehead atoms. The van der Waals surface area contributed by atoms with Crippen molar-refractivity contribution in [2.45, 2.75) is 12.5 Å². The average molecular weight is 233 g/mol. The van der Waals surface area contributed by atoms with Gasteiger partial charge in [-0.05, 0) is 13.0 Å². The Morgan fingerprint density at radius 3 is 2.93 bits per heavy atom. The van der Waals surface area contributed by atoms with Gasteiger partial charge in [-0.3, -0.25) is 0 Å². The Hall–Kier alpha value is -0.510. The van der Waals surface area contributed by atoms with Crippen LogP contribution in [-0.4, -0.2) is 24.2 Å². The monoisotopic (exact) mass is 232 g/mol. The first-order valence-electron chi connectivity index (χ1n) is 4.43. The van der Waals surface area contributed by atoms with E-state index in [9.17, 15) is 0 Å². The van der Waals surface area contributed by atoms with E-state index in [2.05, 4.69) is 10.3 Å². The summed E-state index contributed by atoms with van der Waals surface area (Å²) >= 11 is 11.5. The van der Waals surface area contributed by atoms with Crippen LogP contribution in [0.5, 0.6) is 5.75 Å². The minimum Gasteiger partial charge on any atom is -0.490 e. The highest BCUT2D eigenvalue weighted by Gasteiger charge is 2.16. The Labute approximate surface area is 92.4 Å². The van der Waals surface area contributed by atoms with Crippen molar-refractivity contribution in [2.75, 3.05) is 13.2 Å². The average Bonchev–Trinajstić information content (AvgIpc) is 2.08. The lowest BCUT2D eigenvalue weighted by atomic mass is 10.1. The van der Waals surface area contributed by atoms with Crippen LogP contribution in [-0.2, 0) is 0 Å². The van der Waals surface area contributed by atoms with Gasteiger partial charge in [0.15, 0.2) is 0 Å². The third-order valence-electron chi connectivity index (χ3n) is 2.15. The molecule has 1 fully saturated rings. The Kier molecular flexibility index (Phi) is 3.11. The molecule has 0 amide bonds. The summed E-state index contributed by atoms with van der Waals surface area (Å²) in [5.41, 5.74) is 0. The highest BCUT2D eigenvalue weighted by Crippen LogP contribution is 2.23. The van der Waals surface area contributed by atoms with Crippen LogP contribution in [0, 0.1) is 0 Å². The van der Waals surface area contributed by atoms with Crippen LogP contribution in [0.1, 0.15) is 6.42 Å². The molecule has 1 aromatic rings. The van der Waals surface area contributed by atoms with Crippen molar-refractivity contribution >= 4 is 23.2 Å². The maximum atomic E-state index is 5.79. The first kappa shape index (κ1) is 10.0. The molecule has 3 nitrogen and oxygen atoms in total. The second-order valence-electron chi connectivity index (χ2n) is 3.19.